The molecular weight excluding hydrogens is 294 g/mol. The first-order valence-electron chi connectivity index (χ1n) is 7.10. The Morgan fingerprint density at radius 3 is 3.00 bits per heavy atom. The van der Waals surface area contributed by atoms with Gasteiger partial charge in [-0.25, -0.2) is 4.98 Å². The maximum absolute atomic E-state index is 11.9. The molecule has 0 aliphatic heterocycles. The molecule has 1 aromatic heterocycles. The lowest BCUT2D eigenvalue weighted by molar-refractivity contribution is -0.153. The van der Waals surface area contributed by atoms with Crippen molar-refractivity contribution in [2.75, 3.05) is 13.7 Å². The molecule has 5 nitrogen and oxygen atoms in total. The molecule has 116 valence electrons. The van der Waals surface area contributed by atoms with E-state index in [1.807, 2.05) is 0 Å². The van der Waals surface area contributed by atoms with Crippen LogP contribution in [0.15, 0.2) is 12.1 Å². The van der Waals surface area contributed by atoms with E-state index in [1.54, 1.807) is 19.1 Å². The van der Waals surface area contributed by atoms with Crippen LogP contribution in [0.25, 0.3) is 0 Å². The van der Waals surface area contributed by atoms with Gasteiger partial charge in [-0.2, -0.15) is 0 Å². The Morgan fingerprint density at radius 1 is 1.57 bits per heavy atom. The summed E-state index contributed by atoms with van der Waals surface area (Å²) in [6.07, 6.45) is 2.34. The average Bonchev–Trinajstić information content (AvgIpc) is 2.47. The summed E-state index contributed by atoms with van der Waals surface area (Å²) < 4.78 is 10.3. The summed E-state index contributed by atoms with van der Waals surface area (Å²) in [5.41, 5.74) is -0.568. The van der Waals surface area contributed by atoms with Gasteiger partial charge in [0.15, 0.2) is 0 Å². The van der Waals surface area contributed by atoms with Gasteiger partial charge in [-0.1, -0.05) is 11.6 Å². The van der Waals surface area contributed by atoms with Gasteiger partial charge in [0.2, 0.25) is 5.88 Å². The number of carbonyl (C=O) groups excluding carboxylic acids is 1. The normalized spacial score (nSPS) is 25.4. The maximum Gasteiger partial charge on any atom is 0.309 e. The fourth-order valence-corrected chi connectivity index (χ4v) is 3.03. The first-order valence-corrected chi connectivity index (χ1v) is 7.48. The third kappa shape index (κ3) is 3.47. The number of hydrogen-bond donors (Lipinski definition) is 1. The third-order valence-electron chi connectivity index (χ3n) is 3.87. The van der Waals surface area contributed by atoms with E-state index >= 15 is 0 Å². The lowest BCUT2D eigenvalue weighted by Crippen LogP contribution is -2.36. The number of nitrogens with zero attached hydrogens (tertiary/aromatic N) is 1. The minimum absolute atomic E-state index is 0.253. The Bertz CT molecular complexity index is 522. The molecule has 0 radical (unpaired) electrons. The first-order chi connectivity index (χ1) is 10.00. The van der Waals surface area contributed by atoms with E-state index in [-0.39, 0.29) is 11.9 Å². The number of hydrogen-bond acceptors (Lipinski definition) is 5. The van der Waals surface area contributed by atoms with Crippen LogP contribution in [0, 0.1) is 5.92 Å². The summed E-state index contributed by atoms with van der Waals surface area (Å²) in [5.74, 6) is -0.255. The van der Waals surface area contributed by atoms with Crippen molar-refractivity contribution in [3.05, 3.63) is 22.8 Å². The zero-order valence-corrected chi connectivity index (χ0v) is 13.0. The monoisotopic (exact) mass is 313 g/mol. The van der Waals surface area contributed by atoms with Gasteiger partial charge < -0.3 is 14.6 Å². The summed E-state index contributed by atoms with van der Waals surface area (Å²) in [4.78, 5) is 16.0. The molecule has 0 amide bonds. The highest BCUT2D eigenvalue weighted by molar-refractivity contribution is 6.29. The average molecular weight is 314 g/mol. The number of ether oxygens (including phenoxy) is 2. The number of aromatic nitrogens is 1. The number of carbonyl (C=O) groups is 1. The van der Waals surface area contributed by atoms with Crippen molar-refractivity contribution >= 4 is 17.6 Å². The van der Waals surface area contributed by atoms with Gasteiger partial charge in [-0.05, 0) is 44.7 Å². The highest BCUT2D eigenvalue weighted by Gasteiger charge is 2.41. The molecule has 1 aliphatic rings. The van der Waals surface area contributed by atoms with Crippen molar-refractivity contribution in [3.63, 3.8) is 0 Å². The fraction of sp³-hybridized carbons (Fsp3) is 0.600. The van der Waals surface area contributed by atoms with Gasteiger partial charge in [-0.3, -0.25) is 4.79 Å². The van der Waals surface area contributed by atoms with Crippen molar-refractivity contribution in [1.29, 1.82) is 0 Å². The molecule has 2 atom stereocenters. The molecule has 6 heteroatoms. The predicted octanol–water partition coefficient (Wildman–Crippen LogP) is 2.68. The molecule has 1 aromatic rings. The molecule has 1 heterocycles. The summed E-state index contributed by atoms with van der Waals surface area (Å²) in [6.45, 7) is 2.12. The number of aliphatic hydroxyl groups is 1. The molecule has 0 aromatic carbocycles. The van der Waals surface area contributed by atoms with Crippen molar-refractivity contribution in [3.8, 4) is 5.88 Å². The minimum Gasteiger partial charge on any atom is -0.481 e. The van der Waals surface area contributed by atoms with Gasteiger partial charge in [0.25, 0.3) is 0 Å². The number of halogens is 1. The second-order valence-corrected chi connectivity index (χ2v) is 5.65. The third-order valence-corrected chi connectivity index (χ3v) is 4.08. The van der Waals surface area contributed by atoms with Crippen molar-refractivity contribution in [2.24, 2.45) is 5.92 Å². The standard InChI is InChI=1S/C15H20ClNO4/c1-3-21-14(18)10-5-4-8-15(19,9-10)11-6-7-12(16)17-13(11)20-2/h6-7,10,19H,3-5,8-9H2,1-2H3. The second kappa shape index (κ2) is 6.62. The molecule has 0 spiro atoms. The van der Waals surface area contributed by atoms with Crippen LogP contribution in [0.1, 0.15) is 38.2 Å². The zero-order chi connectivity index (χ0) is 15.5. The molecule has 1 saturated carbocycles. The Kier molecular flexibility index (Phi) is 5.06. The quantitative estimate of drug-likeness (QED) is 0.683. The second-order valence-electron chi connectivity index (χ2n) is 5.27. The van der Waals surface area contributed by atoms with E-state index in [4.69, 9.17) is 21.1 Å². The Labute approximate surface area is 129 Å². The Hall–Kier alpha value is -1.33. The van der Waals surface area contributed by atoms with Crippen LogP contribution in [0.5, 0.6) is 5.88 Å². The molecule has 2 rings (SSSR count). The van der Waals surface area contributed by atoms with Gasteiger partial charge in [0.1, 0.15) is 5.15 Å². The number of methoxy groups -OCH3 is 1. The highest BCUT2D eigenvalue weighted by Crippen LogP contribution is 2.43. The van der Waals surface area contributed by atoms with E-state index in [1.165, 1.54) is 7.11 Å². The van der Waals surface area contributed by atoms with E-state index in [0.29, 0.717) is 36.0 Å². The topological polar surface area (TPSA) is 68.7 Å². The van der Waals surface area contributed by atoms with Crippen LogP contribution in [0.3, 0.4) is 0 Å². The highest BCUT2D eigenvalue weighted by atomic mass is 35.5. The zero-order valence-electron chi connectivity index (χ0n) is 12.3. The van der Waals surface area contributed by atoms with E-state index < -0.39 is 5.60 Å². The summed E-state index contributed by atoms with van der Waals surface area (Å²) in [5, 5.41) is 11.3. The van der Waals surface area contributed by atoms with E-state index in [0.717, 1.165) is 12.8 Å². The van der Waals surface area contributed by atoms with Crippen LogP contribution < -0.4 is 4.74 Å². The Morgan fingerprint density at radius 2 is 2.33 bits per heavy atom. The largest absolute Gasteiger partial charge is 0.481 e. The number of pyridine rings is 1. The lowest BCUT2D eigenvalue weighted by Gasteiger charge is -2.36. The molecule has 21 heavy (non-hydrogen) atoms. The van der Waals surface area contributed by atoms with Crippen LogP contribution in [0.2, 0.25) is 5.15 Å². The van der Waals surface area contributed by atoms with E-state index in [2.05, 4.69) is 4.98 Å². The van der Waals surface area contributed by atoms with Gasteiger partial charge >= 0.3 is 5.97 Å². The molecule has 0 bridgehead atoms. The molecule has 2 unspecified atom stereocenters. The minimum atomic E-state index is -1.14. The summed E-state index contributed by atoms with van der Waals surface area (Å²) >= 11 is 5.85. The van der Waals surface area contributed by atoms with E-state index in [9.17, 15) is 9.90 Å². The molecule has 1 N–H and O–H groups in total. The van der Waals surface area contributed by atoms with Gasteiger partial charge in [0, 0.05) is 5.56 Å². The summed E-state index contributed by atoms with van der Waals surface area (Å²) in [6, 6.07) is 3.33. The summed E-state index contributed by atoms with van der Waals surface area (Å²) in [7, 11) is 1.48. The molecule has 0 saturated heterocycles. The van der Waals surface area contributed by atoms with Crippen molar-refractivity contribution in [2.45, 2.75) is 38.2 Å². The van der Waals surface area contributed by atoms with Crippen molar-refractivity contribution < 1.29 is 19.4 Å². The van der Waals surface area contributed by atoms with Crippen LogP contribution in [-0.4, -0.2) is 29.8 Å². The molecule has 1 aliphatic carbocycles. The first kappa shape index (κ1) is 16.0. The predicted molar refractivity (Wildman–Crippen MR) is 78.3 cm³/mol. The number of rotatable bonds is 4. The number of esters is 1. The smallest absolute Gasteiger partial charge is 0.309 e. The van der Waals surface area contributed by atoms with Crippen LogP contribution in [0.4, 0.5) is 0 Å². The van der Waals surface area contributed by atoms with Crippen LogP contribution in [-0.2, 0) is 15.1 Å². The van der Waals surface area contributed by atoms with Gasteiger partial charge in [0.05, 0.1) is 25.2 Å². The maximum atomic E-state index is 11.9. The lowest BCUT2D eigenvalue weighted by atomic mass is 9.74. The molecule has 1 fully saturated rings. The fourth-order valence-electron chi connectivity index (χ4n) is 2.89. The molecular formula is C15H20ClNO4. The van der Waals surface area contributed by atoms with Gasteiger partial charge in [-0.15, -0.1) is 0 Å². The van der Waals surface area contributed by atoms with Crippen molar-refractivity contribution in [1.82, 2.24) is 4.98 Å². The SMILES string of the molecule is CCOC(=O)C1CCCC(O)(c2ccc(Cl)nc2OC)C1. The Balaban J connectivity index is 2.27. The van der Waals surface area contributed by atoms with Crippen LogP contribution >= 0.6 is 11.6 Å².